The van der Waals surface area contributed by atoms with Crippen molar-refractivity contribution in [2.24, 2.45) is 4.99 Å². The summed E-state index contributed by atoms with van der Waals surface area (Å²) in [6, 6.07) is 1.69. The molecule has 2 rings (SSSR count). The Hall–Kier alpha value is 0.260. The summed E-state index contributed by atoms with van der Waals surface area (Å²) in [5, 5.41) is 0. The van der Waals surface area contributed by atoms with Crippen molar-refractivity contribution in [1.82, 2.24) is 0 Å². The average molecular weight is 477 g/mol. The molecule has 0 spiro atoms. The maximum atomic E-state index is 11.4. The standard InChI is InChI=1S/C10H9I2NO3S/c1-10(2)4-13-6-3-5(11)9(17(14,15)16)8(12)7(6)10/h3-4H,1-2H3,(H,14,15,16). The summed E-state index contributed by atoms with van der Waals surface area (Å²) in [5.41, 5.74) is 1.32. The van der Waals surface area contributed by atoms with Crippen molar-refractivity contribution in [1.29, 1.82) is 0 Å². The van der Waals surface area contributed by atoms with Crippen LogP contribution in [-0.2, 0) is 15.5 Å². The van der Waals surface area contributed by atoms with Crippen LogP contribution in [0.25, 0.3) is 0 Å². The van der Waals surface area contributed by atoms with Gasteiger partial charge < -0.3 is 0 Å². The molecule has 17 heavy (non-hydrogen) atoms. The Morgan fingerprint density at radius 1 is 1.35 bits per heavy atom. The lowest BCUT2D eigenvalue weighted by molar-refractivity contribution is 0.481. The molecular formula is C10H9I2NO3S. The van der Waals surface area contributed by atoms with E-state index in [4.69, 9.17) is 0 Å². The summed E-state index contributed by atoms with van der Waals surface area (Å²) in [6.07, 6.45) is 1.80. The number of hydrogen-bond donors (Lipinski definition) is 1. The van der Waals surface area contributed by atoms with Crippen LogP contribution >= 0.6 is 45.2 Å². The fourth-order valence-electron chi connectivity index (χ4n) is 1.84. The number of benzene rings is 1. The third-order valence-electron chi connectivity index (χ3n) is 2.58. The highest BCUT2D eigenvalue weighted by Crippen LogP contribution is 2.43. The predicted octanol–water partition coefficient (Wildman–Crippen LogP) is 3.14. The molecule has 0 saturated carbocycles. The summed E-state index contributed by atoms with van der Waals surface area (Å²) in [6.45, 7) is 3.93. The van der Waals surface area contributed by atoms with Gasteiger partial charge in [0.2, 0.25) is 0 Å². The Morgan fingerprint density at radius 2 is 1.94 bits per heavy atom. The first-order valence-electron chi connectivity index (χ1n) is 4.70. The van der Waals surface area contributed by atoms with Crippen LogP contribution < -0.4 is 0 Å². The van der Waals surface area contributed by atoms with Crippen LogP contribution in [0.3, 0.4) is 0 Å². The molecule has 0 atom stereocenters. The van der Waals surface area contributed by atoms with Gasteiger partial charge in [0, 0.05) is 24.3 Å². The Labute approximate surface area is 127 Å². The highest BCUT2D eigenvalue weighted by atomic mass is 127. The number of aliphatic imine (C=N–C) groups is 1. The van der Waals surface area contributed by atoms with Crippen molar-refractivity contribution in [2.75, 3.05) is 0 Å². The minimum Gasteiger partial charge on any atom is -0.282 e. The lowest BCUT2D eigenvalue weighted by atomic mass is 9.87. The quantitative estimate of drug-likeness (QED) is 0.500. The van der Waals surface area contributed by atoms with E-state index in [2.05, 4.69) is 4.99 Å². The molecule has 0 aromatic heterocycles. The van der Waals surface area contributed by atoms with Crippen molar-refractivity contribution >= 4 is 67.2 Å². The van der Waals surface area contributed by atoms with Crippen molar-refractivity contribution in [3.05, 3.63) is 18.8 Å². The van der Waals surface area contributed by atoms with E-state index in [9.17, 15) is 13.0 Å². The van der Waals surface area contributed by atoms with Crippen LogP contribution in [-0.4, -0.2) is 19.2 Å². The molecule has 0 radical (unpaired) electrons. The fraction of sp³-hybridized carbons (Fsp3) is 0.300. The number of rotatable bonds is 1. The third-order valence-corrected chi connectivity index (χ3v) is 6.19. The van der Waals surface area contributed by atoms with Crippen LogP contribution in [0.1, 0.15) is 19.4 Å². The highest BCUT2D eigenvalue weighted by Gasteiger charge is 2.33. The molecule has 1 aliphatic heterocycles. The zero-order valence-electron chi connectivity index (χ0n) is 9.03. The molecule has 0 unspecified atom stereocenters. The van der Waals surface area contributed by atoms with Crippen LogP contribution in [0.2, 0.25) is 0 Å². The smallest absolute Gasteiger partial charge is 0.282 e. The SMILES string of the molecule is CC1(C)C=Nc2cc(I)c(S(=O)(=O)O)c(I)c21. The topological polar surface area (TPSA) is 66.7 Å². The summed E-state index contributed by atoms with van der Waals surface area (Å²) in [7, 11) is -4.21. The molecule has 0 aliphatic carbocycles. The third kappa shape index (κ3) is 2.26. The second-order valence-electron chi connectivity index (χ2n) is 4.35. The van der Waals surface area contributed by atoms with E-state index in [1.165, 1.54) is 0 Å². The fourth-order valence-corrected chi connectivity index (χ4v) is 6.48. The van der Waals surface area contributed by atoms with Crippen LogP contribution in [0.15, 0.2) is 16.0 Å². The lowest BCUT2D eigenvalue weighted by Crippen LogP contribution is -2.18. The largest absolute Gasteiger partial charge is 0.296 e. The molecule has 0 saturated heterocycles. The molecule has 92 valence electrons. The summed E-state index contributed by atoms with van der Waals surface area (Å²) in [4.78, 5) is 4.27. The van der Waals surface area contributed by atoms with Crippen LogP contribution in [0, 0.1) is 7.14 Å². The summed E-state index contributed by atoms with van der Waals surface area (Å²) >= 11 is 3.86. The van der Waals surface area contributed by atoms with Gasteiger partial charge in [-0.05, 0) is 51.2 Å². The summed E-state index contributed by atoms with van der Waals surface area (Å²) < 4.78 is 33.1. The Balaban J connectivity index is 2.87. The first-order chi connectivity index (χ1) is 7.64. The van der Waals surface area contributed by atoms with E-state index in [0.29, 0.717) is 7.14 Å². The maximum Gasteiger partial charge on any atom is 0.296 e. The van der Waals surface area contributed by atoms with Crippen molar-refractivity contribution in [2.45, 2.75) is 24.2 Å². The predicted molar refractivity (Wildman–Crippen MR) is 82.9 cm³/mol. The Morgan fingerprint density at radius 3 is 2.47 bits per heavy atom. The average Bonchev–Trinajstić information content (AvgIpc) is 2.38. The number of fused-ring (bicyclic) bond motifs is 1. The molecule has 1 aliphatic rings. The van der Waals surface area contributed by atoms with E-state index in [1.54, 1.807) is 12.3 Å². The molecule has 1 heterocycles. The maximum absolute atomic E-state index is 11.4. The van der Waals surface area contributed by atoms with E-state index in [-0.39, 0.29) is 10.3 Å². The minimum absolute atomic E-state index is 0.0176. The van der Waals surface area contributed by atoms with Crippen LogP contribution in [0.4, 0.5) is 5.69 Å². The second kappa shape index (κ2) is 4.14. The van der Waals surface area contributed by atoms with Gasteiger partial charge in [0.15, 0.2) is 0 Å². The molecule has 0 fully saturated rings. The van der Waals surface area contributed by atoms with Crippen molar-refractivity contribution < 1.29 is 13.0 Å². The van der Waals surface area contributed by atoms with E-state index < -0.39 is 10.1 Å². The van der Waals surface area contributed by atoms with Crippen LogP contribution in [0.5, 0.6) is 0 Å². The van der Waals surface area contributed by atoms with Gasteiger partial charge in [0.1, 0.15) is 4.90 Å². The van der Waals surface area contributed by atoms with E-state index in [0.717, 1.165) is 11.3 Å². The molecule has 0 bridgehead atoms. The van der Waals surface area contributed by atoms with Crippen molar-refractivity contribution in [3.8, 4) is 0 Å². The van der Waals surface area contributed by atoms with Gasteiger partial charge in [-0.15, -0.1) is 0 Å². The molecule has 1 aromatic carbocycles. The second-order valence-corrected chi connectivity index (χ2v) is 7.95. The first kappa shape index (κ1) is 13.7. The van der Waals surface area contributed by atoms with Gasteiger partial charge >= 0.3 is 0 Å². The Kier molecular flexibility index (Phi) is 3.33. The molecule has 1 N–H and O–H groups in total. The molecule has 7 heteroatoms. The highest BCUT2D eigenvalue weighted by molar-refractivity contribution is 14.1. The normalized spacial score (nSPS) is 17.2. The molecule has 1 aromatic rings. The lowest BCUT2D eigenvalue weighted by Gasteiger charge is -2.19. The molecule has 0 amide bonds. The molecular weight excluding hydrogens is 468 g/mol. The number of nitrogens with zero attached hydrogens (tertiary/aromatic N) is 1. The first-order valence-corrected chi connectivity index (χ1v) is 8.29. The minimum atomic E-state index is -4.21. The monoisotopic (exact) mass is 477 g/mol. The van der Waals surface area contributed by atoms with Gasteiger partial charge in [-0.3, -0.25) is 9.55 Å². The molecule has 4 nitrogen and oxygen atoms in total. The van der Waals surface area contributed by atoms with Gasteiger partial charge in [-0.2, -0.15) is 8.42 Å². The summed E-state index contributed by atoms with van der Waals surface area (Å²) in [5.74, 6) is 0. The number of halogens is 2. The number of hydrogen-bond acceptors (Lipinski definition) is 3. The van der Waals surface area contributed by atoms with Gasteiger partial charge in [-0.1, -0.05) is 13.8 Å². The Bertz CT molecular complexity index is 635. The zero-order chi connectivity index (χ0) is 13.0. The van der Waals surface area contributed by atoms with Gasteiger partial charge in [-0.25, -0.2) is 0 Å². The van der Waals surface area contributed by atoms with Crippen molar-refractivity contribution in [3.63, 3.8) is 0 Å². The van der Waals surface area contributed by atoms with E-state index >= 15 is 0 Å². The van der Waals surface area contributed by atoms with Gasteiger partial charge in [0.25, 0.3) is 10.1 Å². The zero-order valence-corrected chi connectivity index (χ0v) is 14.2. The van der Waals surface area contributed by atoms with E-state index in [1.807, 2.05) is 59.0 Å². The van der Waals surface area contributed by atoms with Gasteiger partial charge in [0.05, 0.1) is 5.69 Å².